The molecular weight excluding hydrogens is 244 g/mol. The van der Waals surface area contributed by atoms with Crippen LogP contribution in [0.3, 0.4) is 0 Å². The lowest BCUT2D eigenvalue weighted by Gasteiger charge is -2.12. The monoisotopic (exact) mass is 264 g/mol. The van der Waals surface area contributed by atoms with Crippen molar-refractivity contribution in [3.05, 3.63) is 17.0 Å². The summed E-state index contributed by atoms with van der Waals surface area (Å²) in [5, 5.41) is 6.97. The van der Waals surface area contributed by atoms with Gasteiger partial charge in [0.15, 0.2) is 0 Å². The van der Waals surface area contributed by atoms with Crippen LogP contribution in [0.5, 0.6) is 0 Å². The van der Waals surface area contributed by atoms with Gasteiger partial charge in [-0.05, 0) is 39.2 Å². The Morgan fingerprint density at radius 3 is 2.47 bits per heavy atom. The predicted octanol–water partition coefficient (Wildman–Crippen LogP) is 0.910. The molecule has 2 rings (SSSR count). The molecule has 1 N–H and O–H groups in total. The Morgan fingerprint density at radius 1 is 1.32 bits per heavy atom. The molecular formula is C13H20N4O2. The smallest absolute Gasteiger partial charge is 0.324 e. The van der Waals surface area contributed by atoms with Gasteiger partial charge in [-0.25, -0.2) is 4.79 Å². The Bertz CT molecular complexity index is 521. The molecule has 0 saturated carbocycles. The van der Waals surface area contributed by atoms with Crippen molar-refractivity contribution in [3.8, 4) is 0 Å². The first-order valence-corrected chi connectivity index (χ1v) is 6.52. The van der Waals surface area contributed by atoms with Crippen molar-refractivity contribution < 1.29 is 9.59 Å². The van der Waals surface area contributed by atoms with Crippen LogP contribution >= 0.6 is 0 Å². The Hall–Kier alpha value is -1.85. The molecule has 104 valence electrons. The van der Waals surface area contributed by atoms with E-state index in [0.717, 1.165) is 24.2 Å². The number of urea groups is 1. The van der Waals surface area contributed by atoms with E-state index < -0.39 is 6.04 Å². The first-order valence-electron chi connectivity index (χ1n) is 6.52. The maximum atomic E-state index is 11.7. The van der Waals surface area contributed by atoms with Crippen LogP contribution < -0.4 is 5.32 Å². The summed E-state index contributed by atoms with van der Waals surface area (Å²) >= 11 is 0. The summed E-state index contributed by atoms with van der Waals surface area (Å²) in [6.45, 7) is 6.18. The molecule has 1 aromatic rings. The summed E-state index contributed by atoms with van der Waals surface area (Å²) in [5.74, 6) is -0.135. The number of rotatable bonds is 4. The van der Waals surface area contributed by atoms with Gasteiger partial charge < -0.3 is 5.32 Å². The van der Waals surface area contributed by atoms with E-state index in [9.17, 15) is 9.59 Å². The molecule has 1 saturated heterocycles. The molecule has 2 heterocycles. The summed E-state index contributed by atoms with van der Waals surface area (Å²) in [6, 6.07) is -0.675. The second-order valence-corrected chi connectivity index (χ2v) is 5.04. The minimum atomic E-state index is -0.394. The molecule has 6 heteroatoms. The number of aryl methyl sites for hydroxylation is 2. The molecule has 1 fully saturated rings. The zero-order valence-corrected chi connectivity index (χ0v) is 11.9. The Balaban J connectivity index is 1.94. The highest BCUT2D eigenvalue weighted by molar-refractivity contribution is 6.03. The zero-order valence-electron chi connectivity index (χ0n) is 11.9. The molecule has 1 aromatic heterocycles. The topological polar surface area (TPSA) is 67.2 Å². The predicted molar refractivity (Wildman–Crippen MR) is 70.7 cm³/mol. The first-order chi connectivity index (χ1) is 8.91. The third-order valence-electron chi connectivity index (χ3n) is 3.69. The molecule has 0 spiro atoms. The van der Waals surface area contributed by atoms with Gasteiger partial charge in [-0.2, -0.15) is 5.10 Å². The highest BCUT2D eigenvalue weighted by Gasteiger charge is 2.34. The van der Waals surface area contributed by atoms with Crippen LogP contribution in [0.4, 0.5) is 4.79 Å². The quantitative estimate of drug-likeness (QED) is 0.822. The Kier molecular flexibility index (Phi) is 3.59. The first kappa shape index (κ1) is 13.6. The Morgan fingerprint density at radius 2 is 2.00 bits per heavy atom. The van der Waals surface area contributed by atoms with Crippen LogP contribution in [-0.4, -0.2) is 39.2 Å². The molecule has 6 nitrogen and oxygen atoms in total. The van der Waals surface area contributed by atoms with Crippen LogP contribution in [0.2, 0.25) is 0 Å². The summed E-state index contributed by atoms with van der Waals surface area (Å²) in [4.78, 5) is 24.6. The minimum absolute atomic E-state index is 0.135. The maximum Gasteiger partial charge on any atom is 0.324 e. The highest BCUT2D eigenvalue weighted by atomic mass is 16.2. The molecule has 19 heavy (non-hydrogen) atoms. The SMILES string of the molecule is Cc1nn(C)c(C)c1CCCN1C(=O)N[C@@H](C)C1=O. The van der Waals surface area contributed by atoms with E-state index in [2.05, 4.69) is 10.4 Å². The number of carbonyl (C=O) groups is 2. The molecule has 1 aliphatic heterocycles. The van der Waals surface area contributed by atoms with Gasteiger partial charge in [0, 0.05) is 19.3 Å². The number of hydrogen-bond acceptors (Lipinski definition) is 3. The number of aromatic nitrogens is 2. The van der Waals surface area contributed by atoms with Crippen LogP contribution in [0, 0.1) is 13.8 Å². The van der Waals surface area contributed by atoms with Crippen molar-refractivity contribution in [3.63, 3.8) is 0 Å². The molecule has 3 amide bonds. The second kappa shape index (κ2) is 5.03. The zero-order chi connectivity index (χ0) is 14.2. The average molecular weight is 264 g/mol. The van der Waals surface area contributed by atoms with Crippen molar-refractivity contribution in [1.29, 1.82) is 0 Å². The van der Waals surface area contributed by atoms with Crippen molar-refractivity contribution in [2.24, 2.45) is 7.05 Å². The second-order valence-electron chi connectivity index (χ2n) is 5.04. The van der Waals surface area contributed by atoms with Crippen molar-refractivity contribution in [1.82, 2.24) is 20.0 Å². The fraction of sp³-hybridized carbons (Fsp3) is 0.615. The number of nitrogens with one attached hydrogen (secondary N) is 1. The van der Waals surface area contributed by atoms with E-state index in [0.29, 0.717) is 6.54 Å². The fourth-order valence-corrected chi connectivity index (χ4v) is 2.46. The van der Waals surface area contributed by atoms with Crippen LogP contribution in [0.25, 0.3) is 0 Å². The lowest BCUT2D eigenvalue weighted by molar-refractivity contribution is -0.127. The van der Waals surface area contributed by atoms with Crippen molar-refractivity contribution >= 4 is 11.9 Å². The summed E-state index contributed by atoms with van der Waals surface area (Å²) in [5.41, 5.74) is 3.37. The van der Waals surface area contributed by atoms with Gasteiger partial charge in [0.1, 0.15) is 6.04 Å². The summed E-state index contributed by atoms with van der Waals surface area (Å²) < 4.78 is 1.86. The largest absolute Gasteiger partial charge is 0.326 e. The third kappa shape index (κ3) is 2.47. The van der Waals surface area contributed by atoms with Gasteiger partial charge >= 0.3 is 6.03 Å². The Labute approximate surface area is 112 Å². The van der Waals surface area contributed by atoms with Crippen molar-refractivity contribution in [2.75, 3.05) is 6.54 Å². The maximum absolute atomic E-state index is 11.7. The standard InChI is InChI=1S/C13H20N4O2/c1-8-11(10(3)16(4)15-8)6-5-7-17-12(18)9(2)14-13(17)19/h9H,5-7H2,1-4H3,(H,14,19)/t9-/m0/s1. The minimum Gasteiger partial charge on any atom is -0.326 e. The number of hydrogen-bond donors (Lipinski definition) is 1. The normalized spacial score (nSPS) is 19.2. The van der Waals surface area contributed by atoms with Gasteiger partial charge in [0.05, 0.1) is 5.69 Å². The molecule has 0 aromatic carbocycles. The van der Waals surface area contributed by atoms with Gasteiger partial charge in [0.2, 0.25) is 0 Å². The van der Waals surface area contributed by atoms with Gasteiger partial charge in [-0.1, -0.05) is 0 Å². The fourth-order valence-electron chi connectivity index (χ4n) is 2.46. The van der Waals surface area contributed by atoms with Crippen LogP contribution in [0.15, 0.2) is 0 Å². The van der Waals surface area contributed by atoms with E-state index in [1.54, 1.807) is 6.92 Å². The van der Waals surface area contributed by atoms with Crippen LogP contribution in [0.1, 0.15) is 30.3 Å². The third-order valence-corrected chi connectivity index (χ3v) is 3.69. The lowest BCUT2D eigenvalue weighted by atomic mass is 10.1. The van der Waals surface area contributed by atoms with E-state index in [4.69, 9.17) is 0 Å². The van der Waals surface area contributed by atoms with Crippen LogP contribution in [-0.2, 0) is 18.3 Å². The lowest BCUT2D eigenvalue weighted by Crippen LogP contribution is -2.32. The number of nitrogens with zero attached hydrogens (tertiary/aromatic N) is 3. The van der Waals surface area contributed by atoms with E-state index in [1.807, 2.05) is 25.6 Å². The summed E-state index contributed by atoms with van der Waals surface area (Å²) in [6.07, 6.45) is 1.59. The molecule has 1 aliphatic rings. The highest BCUT2D eigenvalue weighted by Crippen LogP contribution is 2.15. The molecule has 1 atom stereocenters. The van der Waals surface area contributed by atoms with Crippen molar-refractivity contribution in [2.45, 2.75) is 39.7 Å². The molecule has 0 radical (unpaired) electrons. The molecule has 0 bridgehead atoms. The number of imide groups is 1. The number of amides is 3. The average Bonchev–Trinajstić information content (AvgIpc) is 2.72. The van der Waals surface area contributed by atoms with E-state index >= 15 is 0 Å². The molecule has 0 unspecified atom stereocenters. The number of carbonyl (C=O) groups excluding carboxylic acids is 2. The van der Waals surface area contributed by atoms with Gasteiger partial charge in [-0.3, -0.25) is 14.4 Å². The van der Waals surface area contributed by atoms with E-state index in [-0.39, 0.29) is 11.9 Å². The van der Waals surface area contributed by atoms with Gasteiger partial charge in [0.25, 0.3) is 5.91 Å². The van der Waals surface area contributed by atoms with Gasteiger partial charge in [-0.15, -0.1) is 0 Å². The van der Waals surface area contributed by atoms with E-state index in [1.165, 1.54) is 10.5 Å². The summed E-state index contributed by atoms with van der Waals surface area (Å²) in [7, 11) is 1.92. The molecule has 0 aliphatic carbocycles.